The maximum absolute atomic E-state index is 9.74. The largest absolute Gasteiger partial charge is 0.484 e. The van der Waals surface area contributed by atoms with Gasteiger partial charge in [-0.1, -0.05) is 39.8 Å². The highest BCUT2D eigenvalue weighted by Crippen LogP contribution is 2.24. The fourth-order valence-corrected chi connectivity index (χ4v) is 1.89. The molecule has 0 fully saturated rings. The lowest BCUT2D eigenvalue weighted by molar-refractivity contribution is 0.173. The minimum absolute atomic E-state index is 0.0524. The van der Waals surface area contributed by atoms with Gasteiger partial charge in [-0.15, -0.1) is 0 Å². The van der Waals surface area contributed by atoms with Crippen LogP contribution >= 0.6 is 0 Å². The van der Waals surface area contributed by atoms with Crippen LogP contribution < -0.4 is 4.74 Å². The molecule has 0 amide bonds. The predicted octanol–water partition coefficient (Wildman–Crippen LogP) is 3.99. The van der Waals surface area contributed by atoms with Gasteiger partial charge in [0, 0.05) is 5.41 Å². The second-order valence-electron chi connectivity index (χ2n) is 6.15. The average molecular weight is 289 g/mol. The first-order chi connectivity index (χ1) is 9.90. The summed E-state index contributed by atoms with van der Waals surface area (Å²) >= 11 is 0. The van der Waals surface area contributed by atoms with Crippen molar-refractivity contribution in [2.75, 3.05) is 0 Å². The van der Waals surface area contributed by atoms with Crippen LogP contribution in [0.25, 0.3) is 0 Å². The molecule has 0 spiro atoms. The lowest BCUT2D eigenvalue weighted by Crippen LogP contribution is -2.09. The molecule has 0 bridgehead atoms. The molecule has 1 unspecified atom stereocenters. The molecule has 1 atom stereocenters. The van der Waals surface area contributed by atoms with Crippen molar-refractivity contribution in [3.63, 3.8) is 0 Å². The number of benzene rings is 1. The fourth-order valence-electron chi connectivity index (χ4n) is 1.89. The van der Waals surface area contributed by atoms with Gasteiger partial charge in [0.05, 0.1) is 12.3 Å². The fraction of sp³-hybridized carbons (Fsp3) is 0.471. The molecule has 0 radical (unpaired) electrons. The van der Waals surface area contributed by atoms with Crippen LogP contribution in [0.15, 0.2) is 34.9 Å². The summed E-state index contributed by atoms with van der Waals surface area (Å²) in [4.78, 5) is 4.23. The molecule has 1 heterocycles. The lowest BCUT2D eigenvalue weighted by Gasteiger charge is -2.13. The molecule has 2 aromatic rings. The molecule has 0 saturated carbocycles. The zero-order valence-electron chi connectivity index (χ0n) is 13.1. The number of aliphatic hydroxyl groups is 1. The smallest absolute Gasteiger partial charge is 0.232 e. The molecular formula is C17H23NO3. The van der Waals surface area contributed by atoms with E-state index in [4.69, 9.17) is 9.15 Å². The van der Waals surface area contributed by atoms with E-state index >= 15 is 0 Å². The molecule has 0 saturated heterocycles. The van der Waals surface area contributed by atoms with E-state index in [0.29, 0.717) is 18.9 Å². The summed E-state index contributed by atoms with van der Waals surface area (Å²) < 4.78 is 11.3. The predicted molar refractivity (Wildman–Crippen MR) is 81.2 cm³/mol. The van der Waals surface area contributed by atoms with Crippen molar-refractivity contribution in [3.05, 3.63) is 47.7 Å². The van der Waals surface area contributed by atoms with Crippen LogP contribution in [0, 0.1) is 0 Å². The Hall–Kier alpha value is -1.81. The summed E-state index contributed by atoms with van der Waals surface area (Å²) in [6.07, 6.45) is 2.03. The van der Waals surface area contributed by atoms with Crippen LogP contribution in [0.2, 0.25) is 0 Å². The third kappa shape index (κ3) is 4.08. The van der Waals surface area contributed by atoms with Gasteiger partial charge in [-0.2, -0.15) is 0 Å². The molecule has 2 rings (SSSR count). The number of aliphatic hydroxyl groups excluding tert-OH is 1. The van der Waals surface area contributed by atoms with Gasteiger partial charge in [0.15, 0.2) is 6.61 Å². The van der Waals surface area contributed by atoms with Crippen LogP contribution in [0.5, 0.6) is 5.75 Å². The quantitative estimate of drug-likeness (QED) is 0.904. The van der Waals surface area contributed by atoms with Crippen molar-refractivity contribution in [1.82, 2.24) is 4.98 Å². The van der Waals surface area contributed by atoms with Gasteiger partial charge < -0.3 is 14.3 Å². The van der Waals surface area contributed by atoms with E-state index in [2.05, 4.69) is 25.8 Å². The highest BCUT2D eigenvalue weighted by molar-refractivity contribution is 5.28. The summed E-state index contributed by atoms with van der Waals surface area (Å²) in [5.41, 5.74) is 0.847. The van der Waals surface area contributed by atoms with Gasteiger partial charge in [0.2, 0.25) is 5.89 Å². The van der Waals surface area contributed by atoms with Gasteiger partial charge in [-0.05, 0) is 24.1 Å². The van der Waals surface area contributed by atoms with Gasteiger partial charge in [0.1, 0.15) is 11.5 Å². The summed E-state index contributed by atoms with van der Waals surface area (Å²) in [5.74, 6) is 2.15. The molecule has 1 aromatic heterocycles. The Bertz CT molecular complexity index is 566. The van der Waals surface area contributed by atoms with Gasteiger partial charge in [-0.25, -0.2) is 4.98 Å². The van der Waals surface area contributed by atoms with Crippen molar-refractivity contribution in [2.45, 2.75) is 52.2 Å². The Kier molecular flexibility index (Phi) is 4.68. The van der Waals surface area contributed by atoms with Crippen LogP contribution in [0.1, 0.15) is 57.4 Å². The SMILES string of the molecule is CCC(O)c1ccc(OCc2ncc(C(C)(C)C)o2)cc1. The minimum Gasteiger partial charge on any atom is -0.484 e. The number of hydrogen-bond acceptors (Lipinski definition) is 4. The van der Waals surface area contributed by atoms with Crippen LogP contribution in [-0.4, -0.2) is 10.1 Å². The molecule has 0 aliphatic heterocycles. The number of hydrogen-bond donors (Lipinski definition) is 1. The molecule has 0 aliphatic carbocycles. The summed E-state index contributed by atoms with van der Waals surface area (Å²) in [6.45, 7) is 8.48. The molecule has 0 aliphatic rings. The lowest BCUT2D eigenvalue weighted by atomic mass is 9.94. The van der Waals surface area contributed by atoms with Gasteiger partial charge in [-0.3, -0.25) is 0 Å². The van der Waals surface area contributed by atoms with Crippen molar-refractivity contribution in [1.29, 1.82) is 0 Å². The van der Waals surface area contributed by atoms with E-state index in [1.165, 1.54) is 0 Å². The number of aromatic nitrogens is 1. The first-order valence-electron chi connectivity index (χ1n) is 7.26. The van der Waals surface area contributed by atoms with E-state index in [-0.39, 0.29) is 5.41 Å². The maximum atomic E-state index is 9.74. The maximum Gasteiger partial charge on any atom is 0.232 e. The monoisotopic (exact) mass is 289 g/mol. The van der Waals surface area contributed by atoms with E-state index in [1.54, 1.807) is 6.20 Å². The van der Waals surface area contributed by atoms with Gasteiger partial charge >= 0.3 is 0 Å². The van der Waals surface area contributed by atoms with Crippen molar-refractivity contribution in [2.24, 2.45) is 0 Å². The van der Waals surface area contributed by atoms with Gasteiger partial charge in [0.25, 0.3) is 0 Å². The van der Waals surface area contributed by atoms with Crippen molar-refractivity contribution in [3.8, 4) is 5.75 Å². The Morgan fingerprint density at radius 1 is 1.24 bits per heavy atom. The Morgan fingerprint density at radius 3 is 2.43 bits per heavy atom. The summed E-state index contributed by atoms with van der Waals surface area (Å²) in [7, 11) is 0. The highest BCUT2D eigenvalue weighted by atomic mass is 16.5. The van der Waals surface area contributed by atoms with Crippen LogP contribution in [0.4, 0.5) is 0 Å². The average Bonchev–Trinajstić information content (AvgIpc) is 2.94. The van der Waals surface area contributed by atoms with Crippen LogP contribution in [0.3, 0.4) is 0 Å². The zero-order valence-corrected chi connectivity index (χ0v) is 13.1. The van der Waals surface area contributed by atoms with E-state index < -0.39 is 6.10 Å². The van der Waals surface area contributed by atoms with E-state index in [1.807, 2.05) is 31.2 Å². The molecule has 1 aromatic carbocycles. The molecular weight excluding hydrogens is 266 g/mol. The minimum atomic E-state index is -0.417. The number of nitrogens with zero attached hydrogens (tertiary/aromatic N) is 1. The number of rotatable bonds is 5. The van der Waals surface area contributed by atoms with E-state index in [9.17, 15) is 5.11 Å². The third-order valence-electron chi connectivity index (χ3n) is 3.31. The number of oxazole rings is 1. The third-order valence-corrected chi connectivity index (χ3v) is 3.31. The zero-order chi connectivity index (χ0) is 15.5. The molecule has 21 heavy (non-hydrogen) atoms. The Balaban J connectivity index is 1.95. The summed E-state index contributed by atoms with van der Waals surface area (Å²) in [6, 6.07) is 7.45. The second kappa shape index (κ2) is 6.31. The Labute approximate surface area is 125 Å². The molecule has 1 N–H and O–H groups in total. The Morgan fingerprint density at radius 2 is 1.90 bits per heavy atom. The standard InChI is InChI=1S/C17H23NO3/c1-5-14(19)12-6-8-13(9-7-12)20-11-16-18-10-15(21-16)17(2,3)4/h6-10,14,19H,5,11H2,1-4H3. The first kappa shape index (κ1) is 15.6. The summed E-state index contributed by atoms with van der Waals surface area (Å²) in [5, 5.41) is 9.74. The molecule has 4 nitrogen and oxygen atoms in total. The van der Waals surface area contributed by atoms with Crippen molar-refractivity contribution >= 4 is 0 Å². The van der Waals surface area contributed by atoms with E-state index in [0.717, 1.165) is 17.1 Å². The molecule has 114 valence electrons. The second-order valence-corrected chi connectivity index (χ2v) is 6.15. The first-order valence-corrected chi connectivity index (χ1v) is 7.26. The van der Waals surface area contributed by atoms with Crippen molar-refractivity contribution < 1.29 is 14.3 Å². The highest BCUT2D eigenvalue weighted by Gasteiger charge is 2.19. The normalized spacial score (nSPS) is 13.2. The van der Waals surface area contributed by atoms with Crippen LogP contribution in [-0.2, 0) is 12.0 Å². The number of ether oxygens (including phenoxy) is 1. The molecule has 4 heteroatoms. The topological polar surface area (TPSA) is 55.5 Å².